The fourth-order valence-corrected chi connectivity index (χ4v) is 6.56. The number of carbonyl (C=O) groups excluding carboxylic acids is 8. The average molecular weight is 1040 g/mol. The monoisotopic (exact) mass is 1030 g/mol. The van der Waals surface area contributed by atoms with Gasteiger partial charge in [0, 0.05) is 6.92 Å². The first-order chi connectivity index (χ1) is 33.4. The van der Waals surface area contributed by atoms with Crippen molar-refractivity contribution in [2.45, 2.75) is 175 Å². The van der Waals surface area contributed by atoms with Gasteiger partial charge >= 0.3 is 11.9 Å². The number of unbranched alkanes of at least 4 members (excludes halogenated alkanes) is 1. The van der Waals surface area contributed by atoms with Crippen molar-refractivity contribution >= 4 is 65.2 Å². The van der Waals surface area contributed by atoms with E-state index in [1.807, 2.05) is 0 Å². The summed E-state index contributed by atoms with van der Waals surface area (Å²) in [6.07, 6.45) is -1.57. The van der Waals surface area contributed by atoms with Crippen molar-refractivity contribution < 1.29 is 83.4 Å². The quantitative estimate of drug-likeness (QED) is 0.0280. The van der Waals surface area contributed by atoms with Gasteiger partial charge < -0.3 is 84.6 Å². The van der Waals surface area contributed by atoms with Crippen LogP contribution in [0, 0.1) is 23.7 Å². The Morgan fingerprint density at radius 2 is 0.889 bits per heavy atom. The summed E-state index contributed by atoms with van der Waals surface area (Å²) in [6.45, 7) is 14.1. The minimum atomic E-state index is -1.87. The van der Waals surface area contributed by atoms with E-state index in [4.69, 9.17) is 21.4 Å². The van der Waals surface area contributed by atoms with Gasteiger partial charge in [0.15, 0.2) is 0 Å². The van der Waals surface area contributed by atoms with Gasteiger partial charge in [-0.3, -0.25) is 47.9 Å². The molecule has 0 aliphatic heterocycles. The van der Waals surface area contributed by atoms with Crippen LogP contribution in [0.4, 0.5) is 0 Å². The summed E-state index contributed by atoms with van der Waals surface area (Å²) in [4.78, 5) is 140. The number of carbonyl (C=O) groups is 11. The molecular weight excluding hydrogens is 953 g/mol. The van der Waals surface area contributed by atoms with Gasteiger partial charge in [-0.25, -0.2) is 4.79 Å². The number of hydrogen-bond donors (Lipinski definition) is 16. The number of rotatable bonds is 33. The number of amides is 8. The molecule has 0 aliphatic rings. The second kappa shape index (κ2) is 35.2. The summed E-state index contributed by atoms with van der Waals surface area (Å²) >= 11 is 0. The lowest BCUT2D eigenvalue weighted by atomic mass is 9.96. The smallest absolute Gasteiger partial charge is 0.326 e. The van der Waals surface area contributed by atoms with Crippen LogP contribution in [-0.4, -0.2) is 176 Å². The second-order valence-electron chi connectivity index (χ2n) is 18.6. The molecule has 0 aromatic rings. The standard InChI is InChI=1S/C43H78N10O15.C2H4O2/c1-10-23(8)33(52-36(60)26(13-11-12-14-44)46-40(64)30(19-55)50-38(62)27(15-20(2)3)47-35(59)25(45)18-54)41(65)49-28(16-21(4)5)37(61)48-29(17-31(57)58)39(63)53-34(24(9)56)42(66)51-32(22(6)7)43(67)68;1-2(3)4/h20-30,32-34,54-56H,10-19,44-45H2,1-9H3,(H,46,64)(H,47,59)(H,48,61)(H,49,65)(H,50,62)(H,51,66)(H,52,60)(H,53,63)(H,57,58)(H,67,68);1H3,(H,3,4). The molecule has 0 rings (SSSR count). The van der Waals surface area contributed by atoms with Gasteiger partial charge in [0.05, 0.1) is 25.7 Å². The van der Waals surface area contributed by atoms with Crippen molar-refractivity contribution in [1.29, 1.82) is 0 Å². The highest BCUT2D eigenvalue weighted by atomic mass is 16.4. The molecule has 0 saturated heterocycles. The Kier molecular flexibility index (Phi) is 33.2. The zero-order valence-corrected chi connectivity index (χ0v) is 43.0. The van der Waals surface area contributed by atoms with Crippen molar-refractivity contribution in [2.75, 3.05) is 19.8 Å². The van der Waals surface area contributed by atoms with Gasteiger partial charge in [-0.05, 0) is 69.2 Å². The maximum atomic E-state index is 14.1. The summed E-state index contributed by atoms with van der Waals surface area (Å²) < 4.78 is 0. The molecule has 0 aromatic carbocycles. The van der Waals surface area contributed by atoms with Gasteiger partial charge in [-0.2, -0.15) is 0 Å². The first kappa shape index (κ1) is 68.0. The molecule has 0 saturated carbocycles. The van der Waals surface area contributed by atoms with Crippen LogP contribution in [0.25, 0.3) is 0 Å². The summed E-state index contributed by atoms with van der Waals surface area (Å²) in [7, 11) is 0. The van der Waals surface area contributed by atoms with E-state index in [9.17, 15) is 73.5 Å². The largest absolute Gasteiger partial charge is 0.481 e. The number of aliphatic hydroxyl groups is 3. The van der Waals surface area contributed by atoms with Gasteiger partial charge in [-0.15, -0.1) is 0 Å². The number of aliphatic hydroxyl groups excluding tert-OH is 3. The lowest BCUT2D eigenvalue weighted by Gasteiger charge is -2.30. The summed E-state index contributed by atoms with van der Waals surface area (Å²) in [6, 6.07) is -13.4. The maximum absolute atomic E-state index is 14.1. The van der Waals surface area contributed by atoms with E-state index < -0.39 is 157 Å². The van der Waals surface area contributed by atoms with Crippen LogP contribution >= 0.6 is 0 Å². The third kappa shape index (κ3) is 27.0. The number of carboxylic acids is 3. The van der Waals surface area contributed by atoms with Crippen LogP contribution in [-0.2, 0) is 52.7 Å². The molecule has 27 heteroatoms. The Morgan fingerprint density at radius 3 is 1.29 bits per heavy atom. The van der Waals surface area contributed by atoms with Crippen LogP contribution in [0.2, 0.25) is 0 Å². The van der Waals surface area contributed by atoms with E-state index in [-0.39, 0.29) is 37.6 Å². The summed E-state index contributed by atoms with van der Waals surface area (Å²) in [5, 5.41) is 75.5. The average Bonchev–Trinajstić information content (AvgIpc) is 3.27. The minimum Gasteiger partial charge on any atom is -0.481 e. The van der Waals surface area contributed by atoms with Crippen molar-refractivity contribution in [3.63, 3.8) is 0 Å². The zero-order chi connectivity index (χ0) is 56.2. The molecule has 0 aromatic heterocycles. The molecule has 18 N–H and O–H groups in total. The normalized spacial score (nSPS) is 15.7. The number of nitrogens with two attached hydrogens (primary N) is 2. The molecule has 27 nitrogen and oxygen atoms in total. The van der Waals surface area contributed by atoms with E-state index in [2.05, 4.69) is 42.5 Å². The van der Waals surface area contributed by atoms with Crippen LogP contribution in [0.1, 0.15) is 114 Å². The topological polar surface area (TPSA) is 457 Å². The van der Waals surface area contributed by atoms with Crippen molar-refractivity contribution in [2.24, 2.45) is 35.1 Å². The first-order valence-corrected chi connectivity index (χ1v) is 23.8. The van der Waals surface area contributed by atoms with E-state index in [1.165, 1.54) is 13.8 Å². The predicted molar refractivity (Wildman–Crippen MR) is 259 cm³/mol. The predicted octanol–water partition coefficient (Wildman–Crippen LogP) is -3.87. The van der Waals surface area contributed by atoms with E-state index in [1.54, 1.807) is 41.5 Å². The number of hydrogen-bond acceptors (Lipinski definition) is 16. The fraction of sp³-hybridized carbons (Fsp3) is 0.756. The number of carboxylic acid groups (broad SMARTS) is 3. The van der Waals surface area contributed by atoms with Crippen molar-refractivity contribution in [1.82, 2.24) is 42.5 Å². The van der Waals surface area contributed by atoms with Gasteiger partial charge in [0.2, 0.25) is 47.3 Å². The second-order valence-corrected chi connectivity index (χ2v) is 18.6. The summed E-state index contributed by atoms with van der Waals surface area (Å²) in [5.41, 5.74) is 11.3. The van der Waals surface area contributed by atoms with Crippen molar-refractivity contribution in [3.05, 3.63) is 0 Å². The Labute approximate surface area is 419 Å². The third-order valence-corrected chi connectivity index (χ3v) is 10.7. The molecule has 11 atom stereocenters. The third-order valence-electron chi connectivity index (χ3n) is 10.7. The SMILES string of the molecule is CC(=O)O.CCC(C)C(NC(=O)C(CCCCN)NC(=O)C(CO)NC(=O)C(CC(C)C)NC(=O)C(N)CO)C(=O)NC(CC(C)C)C(=O)NC(CC(=O)O)C(=O)NC(C(=O)NC(C(=O)O)C(C)C)C(C)O. The van der Waals surface area contributed by atoms with Crippen LogP contribution in [0.15, 0.2) is 0 Å². The first-order valence-electron chi connectivity index (χ1n) is 23.8. The molecular formula is C45H82N10O17. The lowest BCUT2D eigenvalue weighted by molar-refractivity contribution is -0.145. The van der Waals surface area contributed by atoms with Crippen LogP contribution in [0.5, 0.6) is 0 Å². The maximum Gasteiger partial charge on any atom is 0.326 e. The molecule has 72 heavy (non-hydrogen) atoms. The molecule has 414 valence electrons. The fourth-order valence-electron chi connectivity index (χ4n) is 6.56. The molecule has 0 heterocycles. The van der Waals surface area contributed by atoms with E-state index in [0.717, 1.165) is 13.8 Å². The van der Waals surface area contributed by atoms with Crippen LogP contribution in [0.3, 0.4) is 0 Å². The Morgan fingerprint density at radius 1 is 0.500 bits per heavy atom. The molecule has 0 radical (unpaired) electrons. The Bertz CT molecular complexity index is 1800. The van der Waals surface area contributed by atoms with Gasteiger partial charge in [0.25, 0.3) is 5.97 Å². The highest BCUT2D eigenvalue weighted by Gasteiger charge is 2.37. The van der Waals surface area contributed by atoms with Gasteiger partial charge in [-0.1, -0.05) is 61.8 Å². The highest BCUT2D eigenvalue weighted by Crippen LogP contribution is 2.14. The summed E-state index contributed by atoms with van der Waals surface area (Å²) in [5.74, 6) is -13.2. The Hall–Kier alpha value is -6.03. The lowest BCUT2D eigenvalue weighted by Crippen LogP contribution is -2.62. The molecule has 8 amide bonds. The molecule has 0 aliphatic carbocycles. The molecule has 0 bridgehead atoms. The number of nitrogens with one attached hydrogen (secondary N) is 8. The molecule has 11 unspecified atom stereocenters. The number of aliphatic carboxylic acids is 3. The molecule has 0 fully saturated rings. The van der Waals surface area contributed by atoms with Gasteiger partial charge in [0.1, 0.15) is 54.4 Å². The molecule has 0 spiro atoms. The van der Waals surface area contributed by atoms with Crippen molar-refractivity contribution in [3.8, 4) is 0 Å². The van der Waals surface area contributed by atoms with E-state index in [0.29, 0.717) is 19.3 Å². The minimum absolute atomic E-state index is 0.0123. The zero-order valence-electron chi connectivity index (χ0n) is 43.0. The Balaban J connectivity index is 0. The van der Waals surface area contributed by atoms with Crippen LogP contribution < -0.4 is 54.0 Å². The van der Waals surface area contributed by atoms with E-state index >= 15 is 0 Å². The highest BCUT2D eigenvalue weighted by molar-refractivity contribution is 5.99.